The molecule has 0 aromatic carbocycles. The standard InChI is InChI=1S/C13H14N4O6/c18-3-1-2-7-15-11-8(12(22)16-7)14-5-17(11)13-10(21)9(20)6(4-19)23-13/h5-6,9-10,13,18-21H,3-4H2,(H,15,16,22)/t6-,9-,10-,13-/m1/s1. The zero-order valence-corrected chi connectivity index (χ0v) is 11.7. The van der Waals surface area contributed by atoms with E-state index < -0.39 is 43.3 Å². The van der Waals surface area contributed by atoms with Crippen molar-refractivity contribution in [3.8, 4) is 11.8 Å². The van der Waals surface area contributed by atoms with Crippen LogP contribution in [-0.2, 0) is 4.74 Å². The molecule has 2 aromatic rings. The van der Waals surface area contributed by atoms with Crippen molar-refractivity contribution in [1.29, 1.82) is 0 Å². The molecular formula is C13H14N4O6. The maximum atomic E-state index is 12.0. The van der Waals surface area contributed by atoms with Gasteiger partial charge >= 0.3 is 0 Å². The van der Waals surface area contributed by atoms with Gasteiger partial charge in [-0.25, -0.2) is 9.97 Å². The van der Waals surface area contributed by atoms with Crippen LogP contribution in [0.15, 0.2) is 11.1 Å². The van der Waals surface area contributed by atoms with E-state index in [0.717, 1.165) is 0 Å². The fourth-order valence-electron chi connectivity index (χ4n) is 2.40. The minimum atomic E-state index is -1.32. The molecule has 2 aromatic heterocycles. The zero-order chi connectivity index (χ0) is 16.6. The summed E-state index contributed by atoms with van der Waals surface area (Å²) in [6.45, 7) is -0.863. The molecule has 3 heterocycles. The summed E-state index contributed by atoms with van der Waals surface area (Å²) in [5, 5.41) is 37.7. The van der Waals surface area contributed by atoms with Crippen LogP contribution in [0, 0.1) is 11.8 Å². The van der Waals surface area contributed by atoms with Gasteiger partial charge in [0.1, 0.15) is 24.9 Å². The van der Waals surface area contributed by atoms with Gasteiger partial charge in [-0.15, -0.1) is 0 Å². The first-order valence-corrected chi connectivity index (χ1v) is 6.76. The number of ether oxygens (including phenoxy) is 1. The highest BCUT2D eigenvalue weighted by molar-refractivity contribution is 5.69. The van der Waals surface area contributed by atoms with E-state index in [0.29, 0.717) is 0 Å². The number of aromatic amines is 1. The summed E-state index contributed by atoms with van der Waals surface area (Å²) in [5.41, 5.74) is -0.425. The van der Waals surface area contributed by atoms with E-state index in [-0.39, 0.29) is 17.0 Å². The number of aliphatic hydroxyl groups excluding tert-OH is 4. The lowest BCUT2D eigenvalue weighted by Crippen LogP contribution is -2.33. The summed E-state index contributed by atoms with van der Waals surface area (Å²) in [7, 11) is 0. The van der Waals surface area contributed by atoms with Gasteiger partial charge in [0.05, 0.1) is 12.9 Å². The zero-order valence-electron chi connectivity index (χ0n) is 11.7. The van der Waals surface area contributed by atoms with Crippen LogP contribution in [0.25, 0.3) is 11.2 Å². The van der Waals surface area contributed by atoms with Crippen molar-refractivity contribution in [2.24, 2.45) is 0 Å². The molecule has 0 saturated carbocycles. The highest BCUT2D eigenvalue weighted by Crippen LogP contribution is 2.30. The first-order chi connectivity index (χ1) is 11.1. The van der Waals surface area contributed by atoms with E-state index in [2.05, 4.69) is 26.8 Å². The van der Waals surface area contributed by atoms with Crippen LogP contribution in [0.4, 0.5) is 0 Å². The van der Waals surface area contributed by atoms with E-state index in [1.54, 1.807) is 0 Å². The van der Waals surface area contributed by atoms with Crippen molar-refractivity contribution < 1.29 is 25.2 Å². The van der Waals surface area contributed by atoms with Gasteiger partial charge < -0.3 is 25.2 Å². The van der Waals surface area contributed by atoms with E-state index in [1.165, 1.54) is 10.9 Å². The monoisotopic (exact) mass is 322 g/mol. The molecule has 4 atom stereocenters. The molecule has 0 radical (unpaired) electrons. The summed E-state index contributed by atoms with van der Waals surface area (Å²) in [6.07, 6.45) is -3.37. The molecule has 23 heavy (non-hydrogen) atoms. The number of rotatable bonds is 2. The summed E-state index contributed by atoms with van der Waals surface area (Å²) in [6, 6.07) is 0. The molecule has 10 heteroatoms. The molecule has 1 aliphatic rings. The minimum absolute atomic E-state index is 0.0114. The van der Waals surface area contributed by atoms with Crippen molar-refractivity contribution in [2.75, 3.05) is 13.2 Å². The molecule has 0 unspecified atom stereocenters. The number of nitrogens with zero attached hydrogens (tertiary/aromatic N) is 3. The maximum absolute atomic E-state index is 12.0. The number of aliphatic hydroxyl groups is 4. The average molecular weight is 322 g/mol. The summed E-state index contributed by atoms with van der Waals surface area (Å²) < 4.78 is 6.68. The largest absolute Gasteiger partial charge is 0.394 e. The third kappa shape index (κ3) is 2.61. The molecule has 3 rings (SSSR count). The second-order valence-electron chi connectivity index (χ2n) is 4.93. The number of imidazole rings is 1. The van der Waals surface area contributed by atoms with Crippen molar-refractivity contribution >= 4 is 11.2 Å². The Kier molecular flexibility index (Phi) is 4.12. The molecule has 1 aliphatic heterocycles. The Morgan fingerprint density at radius 3 is 2.78 bits per heavy atom. The van der Waals surface area contributed by atoms with Gasteiger partial charge in [0, 0.05) is 0 Å². The summed E-state index contributed by atoms with van der Waals surface area (Å²) in [4.78, 5) is 22.4. The van der Waals surface area contributed by atoms with Crippen LogP contribution in [0.1, 0.15) is 12.1 Å². The van der Waals surface area contributed by atoms with Crippen LogP contribution in [0.5, 0.6) is 0 Å². The number of fused-ring (bicyclic) bond motifs is 1. The highest BCUT2D eigenvalue weighted by Gasteiger charge is 2.44. The molecule has 1 saturated heterocycles. The van der Waals surface area contributed by atoms with Crippen LogP contribution in [-0.4, -0.2) is 71.5 Å². The van der Waals surface area contributed by atoms with E-state index in [4.69, 9.17) is 14.9 Å². The van der Waals surface area contributed by atoms with Gasteiger partial charge in [-0.05, 0) is 5.92 Å². The first kappa shape index (κ1) is 15.6. The van der Waals surface area contributed by atoms with E-state index in [9.17, 15) is 15.0 Å². The van der Waals surface area contributed by atoms with E-state index in [1.807, 2.05) is 0 Å². The van der Waals surface area contributed by atoms with Gasteiger partial charge in [0.15, 0.2) is 23.2 Å². The lowest BCUT2D eigenvalue weighted by Gasteiger charge is -2.16. The molecule has 0 bridgehead atoms. The Balaban J connectivity index is 2.08. The van der Waals surface area contributed by atoms with Crippen molar-refractivity contribution in [3.05, 3.63) is 22.5 Å². The Hall–Kier alpha value is -2.29. The number of H-pyrrole nitrogens is 1. The van der Waals surface area contributed by atoms with Crippen LogP contribution >= 0.6 is 0 Å². The smallest absolute Gasteiger partial charge is 0.279 e. The van der Waals surface area contributed by atoms with Gasteiger partial charge in [-0.1, -0.05) is 5.92 Å². The quantitative estimate of drug-likeness (QED) is 0.368. The molecule has 5 N–H and O–H groups in total. The second-order valence-corrected chi connectivity index (χ2v) is 4.93. The Bertz CT molecular complexity index is 834. The van der Waals surface area contributed by atoms with E-state index >= 15 is 0 Å². The second kappa shape index (κ2) is 6.07. The predicted molar refractivity (Wildman–Crippen MR) is 75.1 cm³/mol. The molecular weight excluding hydrogens is 308 g/mol. The van der Waals surface area contributed by atoms with Gasteiger partial charge in [-0.3, -0.25) is 14.3 Å². The normalized spacial score (nSPS) is 27.1. The topological polar surface area (TPSA) is 154 Å². The molecule has 0 spiro atoms. The summed E-state index contributed by atoms with van der Waals surface area (Å²) >= 11 is 0. The van der Waals surface area contributed by atoms with Gasteiger partial charge in [0.2, 0.25) is 0 Å². The van der Waals surface area contributed by atoms with Crippen LogP contribution in [0.3, 0.4) is 0 Å². The predicted octanol–water partition coefficient (Wildman–Crippen LogP) is -2.93. The fraction of sp³-hybridized carbons (Fsp3) is 0.462. The molecule has 10 nitrogen and oxygen atoms in total. The molecule has 0 aliphatic carbocycles. The van der Waals surface area contributed by atoms with Gasteiger partial charge in [-0.2, -0.15) is 0 Å². The summed E-state index contributed by atoms with van der Waals surface area (Å²) in [5.74, 6) is 4.85. The van der Waals surface area contributed by atoms with Crippen molar-refractivity contribution in [1.82, 2.24) is 19.5 Å². The number of hydrogen-bond donors (Lipinski definition) is 5. The molecule has 1 fully saturated rings. The van der Waals surface area contributed by atoms with Crippen molar-refractivity contribution in [3.63, 3.8) is 0 Å². The van der Waals surface area contributed by atoms with Crippen molar-refractivity contribution in [2.45, 2.75) is 24.5 Å². The number of hydrogen-bond acceptors (Lipinski definition) is 8. The Morgan fingerprint density at radius 1 is 1.35 bits per heavy atom. The maximum Gasteiger partial charge on any atom is 0.279 e. The molecule has 0 amide bonds. The fourth-order valence-corrected chi connectivity index (χ4v) is 2.40. The third-order valence-electron chi connectivity index (χ3n) is 3.51. The Labute approximate surface area is 129 Å². The average Bonchev–Trinajstić information content (AvgIpc) is 3.08. The minimum Gasteiger partial charge on any atom is -0.394 e. The third-order valence-corrected chi connectivity index (χ3v) is 3.51. The SMILES string of the molecule is O=c1[nH]c(C#CCO)nc2c1ncn2[C@@H]1O[C@H](CO)[C@@H](O)[C@H]1O. The van der Waals surface area contributed by atoms with Crippen LogP contribution in [0.2, 0.25) is 0 Å². The number of aromatic nitrogens is 4. The van der Waals surface area contributed by atoms with Crippen LogP contribution < -0.4 is 5.56 Å². The highest BCUT2D eigenvalue weighted by atomic mass is 16.6. The lowest BCUT2D eigenvalue weighted by atomic mass is 10.1. The molecule has 122 valence electrons. The van der Waals surface area contributed by atoms with Gasteiger partial charge in [0.25, 0.3) is 5.56 Å². The number of nitrogens with one attached hydrogen (secondary N) is 1. The Morgan fingerprint density at radius 2 is 2.13 bits per heavy atom. The first-order valence-electron chi connectivity index (χ1n) is 6.76. The lowest BCUT2D eigenvalue weighted by molar-refractivity contribution is -0.0511.